The SMILES string of the molecule is CC(NC(=O)[C@@H]1CCCN(C(=O)[C@H](C)NC(=O)[C@@H](O)C2CC2)N1)c1ccc2ccc(Br)cc2n1. The van der Waals surface area contributed by atoms with Crippen molar-refractivity contribution in [3.63, 3.8) is 0 Å². The monoisotopic (exact) mass is 531 g/mol. The van der Waals surface area contributed by atoms with Crippen molar-refractivity contribution in [2.24, 2.45) is 5.92 Å². The first-order valence-corrected chi connectivity index (χ1v) is 12.4. The van der Waals surface area contributed by atoms with E-state index in [0.717, 1.165) is 33.9 Å². The summed E-state index contributed by atoms with van der Waals surface area (Å²) in [5, 5.41) is 17.9. The van der Waals surface area contributed by atoms with Crippen molar-refractivity contribution in [3.8, 4) is 0 Å². The first-order chi connectivity index (χ1) is 16.2. The van der Waals surface area contributed by atoms with Gasteiger partial charge in [0.2, 0.25) is 11.8 Å². The van der Waals surface area contributed by atoms with E-state index < -0.39 is 24.1 Å². The zero-order valence-electron chi connectivity index (χ0n) is 19.3. The lowest BCUT2D eigenvalue weighted by atomic mass is 10.1. The summed E-state index contributed by atoms with van der Waals surface area (Å²) in [6, 6.07) is 8.04. The van der Waals surface area contributed by atoms with E-state index in [0.29, 0.717) is 19.4 Å². The first-order valence-electron chi connectivity index (χ1n) is 11.7. The molecule has 34 heavy (non-hydrogen) atoms. The molecule has 1 aliphatic carbocycles. The highest BCUT2D eigenvalue weighted by atomic mass is 79.9. The van der Waals surface area contributed by atoms with Gasteiger partial charge in [0.25, 0.3) is 5.91 Å². The molecule has 3 amide bonds. The van der Waals surface area contributed by atoms with Gasteiger partial charge in [-0.15, -0.1) is 0 Å². The average molecular weight is 532 g/mol. The number of carbonyl (C=O) groups excluding carboxylic acids is 3. The van der Waals surface area contributed by atoms with Crippen LogP contribution in [-0.2, 0) is 14.4 Å². The number of halogens is 1. The van der Waals surface area contributed by atoms with Gasteiger partial charge < -0.3 is 15.7 Å². The van der Waals surface area contributed by atoms with Crippen molar-refractivity contribution in [2.75, 3.05) is 6.54 Å². The number of fused-ring (bicyclic) bond motifs is 1. The fourth-order valence-corrected chi connectivity index (χ4v) is 4.44. The first kappa shape index (κ1) is 24.6. The highest BCUT2D eigenvalue weighted by Crippen LogP contribution is 2.32. The Bertz CT molecular complexity index is 1090. The van der Waals surface area contributed by atoms with Crippen LogP contribution in [0.3, 0.4) is 0 Å². The molecule has 10 heteroatoms. The van der Waals surface area contributed by atoms with E-state index in [4.69, 9.17) is 0 Å². The maximum Gasteiger partial charge on any atom is 0.258 e. The molecule has 1 aromatic heterocycles. The van der Waals surface area contributed by atoms with Gasteiger partial charge in [-0.3, -0.25) is 24.4 Å². The van der Waals surface area contributed by atoms with Crippen molar-refractivity contribution in [2.45, 2.75) is 63.8 Å². The zero-order chi connectivity index (χ0) is 24.4. The molecule has 1 unspecified atom stereocenters. The predicted molar refractivity (Wildman–Crippen MR) is 130 cm³/mol. The number of carbonyl (C=O) groups is 3. The number of nitrogens with one attached hydrogen (secondary N) is 3. The molecular weight excluding hydrogens is 502 g/mol. The molecule has 1 aromatic carbocycles. The average Bonchev–Trinajstić information content (AvgIpc) is 3.68. The minimum absolute atomic E-state index is 0.0101. The quantitative estimate of drug-likeness (QED) is 0.432. The summed E-state index contributed by atoms with van der Waals surface area (Å²) in [5.41, 5.74) is 4.58. The van der Waals surface area contributed by atoms with Crippen LogP contribution >= 0.6 is 15.9 Å². The lowest BCUT2D eigenvalue weighted by Gasteiger charge is -2.35. The van der Waals surface area contributed by atoms with Gasteiger partial charge in [-0.05, 0) is 63.6 Å². The molecule has 182 valence electrons. The van der Waals surface area contributed by atoms with Crippen LogP contribution in [0.4, 0.5) is 0 Å². The van der Waals surface area contributed by atoms with E-state index in [1.54, 1.807) is 6.92 Å². The Morgan fingerprint density at radius 1 is 1.15 bits per heavy atom. The Labute approximate surface area is 206 Å². The van der Waals surface area contributed by atoms with Crippen molar-refractivity contribution >= 4 is 44.6 Å². The summed E-state index contributed by atoms with van der Waals surface area (Å²) in [6.45, 7) is 3.89. The Kier molecular flexibility index (Phi) is 7.49. The number of amides is 3. The van der Waals surface area contributed by atoms with Gasteiger partial charge in [0.1, 0.15) is 18.2 Å². The van der Waals surface area contributed by atoms with E-state index >= 15 is 0 Å². The second-order valence-corrected chi connectivity index (χ2v) is 10.0. The molecule has 9 nitrogen and oxygen atoms in total. The van der Waals surface area contributed by atoms with E-state index in [1.165, 1.54) is 5.01 Å². The zero-order valence-corrected chi connectivity index (χ0v) is 20.8. The van der Waals surface area contributed by atoms with Crippen LogP contribution in [0.2, 0.25) is 0 Å². The van der Waals surface area contributed by atoms with E-state index in [1.807, 2.05) is 37.3 Å². The minimum Gasteiger partial charge on any atom is -0.383 e. The number of hydrogen-bond acceptors (Lipinski definition) is 6. The second kappa shape index (κ2) is 10.4. The van der Waals surface area contributed by atoms with Crippen molar-refractivity contribution in [1.29, 1.82) is 0 Å². The number of hydrogen-bond donors (Lipinski definition) is 4. The van der Waals surface area contributed by atoms with Crippen LogP contribution < -0.4 is 16.1 Å². The number of aliphatic hydroxyl groups is 1. The summed E-state index contributed by atoms with van der Waals surface area (Å²) in [7, 11) is 0. The Balaban J connectivity index is 1.33. The molecular formula is C24H30BrN5O4. The summed E-state index contributed by atoms with van der Waals surface area (Å²) >= 11 is 3.46. The number of rotatable bonds is 7. The smallest absolute Gasteiger partial charge is 0.258 e. The Morgan fingerprint density at radius 2 is 1.88 bits per heavy atom. The number of benzene rings is 1. The van der Waals surface area contributed by atoms with Crippen molar-refractivity contribution < 1.29 is 19.5 Å². The van der Waals surface area contributed by atoms with E-state index in [2.05, 4.69) is 37.0 Å². The second-order valence-electron chi connectivity index (χ2n) is 9.13. The number of pyridine rings is 1. The predicted octanol–water partition coefficient (Wildman–Crippen LogP) is 1.95. The maximum atomic E-state index is 12.9. The van der Waals surface area contributed by atoms with Gasteiger partial charge in [-0.25, -0.2) is 5.43 Å². The van der Waals surface area contributed by atoms with Gasteiger partial charge >= 0.3 is 0 Å². The molecule has 0 radical (unpaired) electrons. The van der Waals surface area contributed by atoms with Crippen LogP contribution in [0.5, 0.6) is 0 Å². The maximum absolute atomic E-state index is 12.9. The fraction of sp³-hybridized carbons (Fsp3) is 0.500. The molecule has 1 aliphatic heterocycles. The summed E-state index contributed by atoms with van der Waals surface area (Å²) in [6.07, 6.45) is 1.81. The van der Waals surface area contributed by atoms with Crippen molar-refractivity contribution in [3.05, 3.63) is 40.5 Å². The Morgan fingerprint density at radius 3 is 2.62 bits per heavy atom. The molecule has 0 bridgehead atoms. The third kappa shape index (κ3) is 5.73. The van der Waals surface area contributed by atoms with Crippen molar-refractivity contribution in [1.82, 2.24) is 26.1 Å². The lowest BCUT2D eigenvalue weighted by molar-refractivity contribution is -0.144. The van der Waals surface area contributed by atoms with Crippen LogP contribution in [-0.4, -0.2) is 57.6 Å². The largest absolute Gasteiger partial charge is 0.383 e. The number of nitrogens with zero attached hydrogens (tertiary/aromatic N) is 2. The van der Waals surface area contributed by atoms with Gasteiger partial charge in [-0.1, -0.05) is 28.1 Å². The molecule has 0 spiro atoms. The summed E-state index contributed by atoms with van der Waals surface area (Å²) < 4.78 is 0.935. The fourth-order valence-electron chi connectivity index (χ4n) is 4.09. The molecule has 2 aliphatic rings. The molecule has 2 aromatic rings. The highest BCUT2D eigenvalue weighted by molar-refractivity contribution is 9.10. The summed E-state index contributed by atoms with van der Waals surface area (Å²) in [5.74, 6) is -1.10. The number of aromatic nitrogens is 1. The molecule has 1 saturated heterocycles. The third-order valence-corrected chi connectivity index (χ3v) is 6.81. The molecule has 4 atom stereocenters. The Hall–Kier alpha value is -2.56. The molecule has 4 N–H and O–H groups in total. The minimum atomic E-state index is -1.07. The number of hydrazine groups is 1. The van der Waals surface area contributed by atoms with Gasteiger partial charge in [0.15, 0.2) is 0 Å². The van der Waals surface area contributed by atoms with E-state index in [9.17, 15) is 19.5 Å². The molecule has 2 fully saturated rings. The van der Waals surface area contributed by atoms with Crippen LogP contribution in [0.25, 0.3) is 10.9 Å². The summed E-state index contributed by atoms with van der Waals surface area (Å²) in [4.78, 5) is 42.6. The van der Waals surface area contributed by atoms with Crippen LogP contribution in [0, 0.1) is 5.92 Å². The van der Waals surface area contributed by atoms with Gasteiger partial charge in [0.05, 0.1) is 17.3 Å². The molecule has 4 rings (SSSR count). The van der Waals surface area contributed by atoms with Gasteiger partial charge in [-0.2, -0.15) is 0 Å². The molecule has 1 saturated carbocycles. The third-order valence-electron chi connectivity index (χ3n) is 6.31. The highest BCUT2D eigenvalue weighted by Gasteiger charge is 2.37. The van der Waals surface area contributed by atoms with E-state index in [-0.39, 0.29) is 23.8 Å². The lowest BCUT2D eigenvalue weighted by Crippen LogP contribution is -2.61. The molecule has 2 heterocycles. The topological polar surface area (TPSA) is 124 Å². The van der Waals surface area contributed by atoms with Gasteiger partial charge in [0, 0.05) is 16.4 Å². The van der Waals surface area contributed by atoms with Crippen LogP contribution in [0.15, 0.2) is 34.8 Å². The van der Waals surface area contributed by atoms with Crippen LogP contribution in [0.1, 0.15) is 51.3 Å². The normalized spacial score (nSPS) is 20.9. The standard InChI is InChI=1S/C24H30BrN5O4/c1-13(18-10-8-15-7-9-17(25)12-20(15)28-18)26-22(32)19-4-3-11-30(29-19)24(34)14(2)27-23(33)21(31)16-5-6-16/h7-10,12-14,16,19,21,29,31H,3-6,11H2,1-2H3,(H,26,32)(H,27,33)/t13?,14-,19-,21-/m0/s1. The number of aliphatic hydroxyl groups excluding tert-OH is 1.